The van der Waals surface area contributed by atoms with Crippen LogP contribution in [0.4, 0.5) is 5.82 Å². The fourth-order valence-corrected chi connectivity index (χ4v) is 2.72. The Morgan fingerprint density at radius 3 is 2.79 bits per heavy atom. The molecule has 5 heteroatoms. The van der Waals surface area contributed by atoms with Crippen molar-refractivity contribution in [2.75, 3.05) is 18.5 Å². The molecular weight excluding hydrogens is 306 g/mol. The maximum absolute atomic E-state index is 5.70. The second-order valence-electron chi connectivity index (χ2n) is 5.32. The van der Waals surface area contributed by atoms with Gasteiger partial charge in [0.05, 0.1) is 10.2 Å². The van der Waals surface area contributed by atoms with Crippen molar-refractivity contribution in [3.05, 3.63) is 16.0 Å². The van der Waals surface area contributed by atoms with Gasteiger partial charge in [-0.05, 0) is 48.0 Å². The zero-order valence-electron chi connectivity index (χ0n) is 11.9. The van der Waals surface area contributed by atoms with Crippen molar-refractivity contribution in [1.82, 2.24) is 9.97 Å². The molecule has 0 saturated carbocycles. The summed E-state index contributed by atoms with van der Waals surface area (Å²) < 4.78 is 6.69. The van der Waals surface area contributed by atoms with Gasteiger partial charge >= 0.3 is 0 Å². The molecule has 1 aliphatic heterocycles. The first kappa shape index (κ1) is 14.7. The lowest BCUT2D eigenvalue weighted by atomic mass is 10.1. The lowest BCUT2D eigenvalue weighted by Crippen LogP contribution is -2.12. The van der Waals surface area contributed by atoms with E-state index in [-0.39, 0.29) is 6.10 Å². The number of nitrogens with one attached hydrogen (secondary N) is 1. The molecule has 0 spiro atoms. The highest BCUT2D eigenvalue weighted by Crippen LogP contribution is 2.31. The smallest absolute Gasteiger partial charge is 0.159 e. The van der Waals surface area contributed by atoms with E-state index in [4.69, 9.17) is 9.72 Å². The molecule has 106 valence electrons. The molecule has 1 aromatic rings. The van der Waals surface area contributed by atoms with Gasteiger partial charge in [-0.1, -0.05) is 13.8 Å². The van der Waals surface area contributed by atoms with Gasteiger partial charge < -0.3 is 10.1 Å². The van der Waals surface area contributed by atoms with Crippen LogP contribution in [0.25, 0.3) is 0 Å². The minimum absolute atomic E-state index is 0.0661. The van der Waals surface area contributed by atoms with Crippen molar-refractivity contribution in [3.8, 4) is 0 Å². The van der Waals surface area contributed by atoms with Gasteiger partial charge in [-0.3, -0.25) is 0 Å². The second kappa shape index (κ2) is 6.66. The molecule has 0 radical (unpaired) electrons. The predicted octanol–water partition coefficient (Wildman–Crippen LogP) is 3.72. The molecule has 1 N–H and O–H groups in total. The normalized spacial score (nSPS) is 19.1. The molecule has 0 aromatic carbocycles. The van der Waals surface area contributed by atoms with Gasteiger partial charge in [0.25, 0.3) is 0 Å². The highest BCUT2D eigenvalue weighted by Gasteiger charge is 2.23. The van der Waals surface area contributed by atoms with E-state index >= 15 is 0 Å². The van der Waals surface area contributed by atoms with Gasteiger partial charge in [0.15, 0.2) is 5.82 Å². The Morgan fingerprint density at radius 2 is 2.21 bits per heavy atom. The number of nitrogens with zero attached hydrogens (tertiary/aromatic N) is 2. The maximum Gasteiger partial charge on any atom is 0.159 e. The summed E-state index contributed by atoms with van der Waals surface area (Å²) in [5.74, 6) is 2.28. The highest BCUT2D eigenvalue weighted by molar-refractivity contribution is 9.10. The van der Waals surface area contributed by atoms with Crippen molar-refractivity contribution in [2.45, 2.75) is 46.1 Å². The predicted molar refractivity (Wildman–Crippen MR) is 80.4 cm³/mol. The van der Waals surface area contributed by atoms with Gasteiger partial charge in [0, 0.05) is 13.2 Å². The van der Waals surface area contributed by atoms with E-state index in [0.717, 1.165) is 54.2 Å². The third kappa shape index (κ3) is 3.66. The van der Waals surface area contributed by atoms with Crippen LogP contribution in [-0.2, 0) is 11.2 Å². The van der Waals surface area contributed by atoms with Crippen molar-refractivity contribution in [2.24, 2.45) is 5.92 Å². The van der Waals surface area contributed by atoms with Crippen LogP contribution in [0, 0.1) is 5.92 Å². The third-order valence-electron chi connectivity index (χ3n) is 3.10. The van der Waals surface area contributed by atoms with Gasteiger partial charge in [-0.2, -0.15) is 0 Å². The van der Waals surface area contributed by atoms with E-state index in [9.17, 15) is 0 Å². The van der Waals surface area contributed by atoms with E-state index in [1.54, 1.807) is 0 Å². The van der Waals surface area contributed by atoms with Crippen molar-refractivity contribution in [3.63, 3.8) is 0 Å². The van der Waals surface area contributed by atoms with Gasteiger partial charge in [0.2, 0.25) is 0 Å². The van der Waals surface area contributed by atoms with Crippen LogP contribution >= 0.6 is 15.9 Å². The SMILES string of the molecule is CCNc1nc(C2CCCO2)nc(CC(C)C)c1Br. The molecule has 0 amide bonds. The zero-order valence-corrected chi connectivity index (χ0v) is 13.5. The first-order valence-corrected chi connectivity index (χ1v) is 7.82. The van der Waals surface area contributed by atoms with Crippen LogP contribution in [0.15, 0.2) is 4.47 Å². The second-order valence-corrected chi connectivity index (χ2v) is 6.11. The molecule has 0 bridgehead atoms. The maximum atomic E-state index is 5.70. The topological polar surface area (TPSA) is 47.0 Å². The number of rotatable bonds is 5. The van der Waals surface area contributed by atoms with Crippen LogP contribution < -0.4 is 5.32 Å². The molecule has 1 saturated heterocycles. The molecule has 0 aliphatic carbocycles. The molecule has 1 atom stereocenters. The van der Waals surface area contributed by atoms with E-state index in [2.05, 4.69) is 47.0 Å². The zero-order chi connectivity index (χ0) is 13.8. The molecule has 1 unspecified atom stereocenters. The summed E-state index contributed by atoms with van der Waals surface area (Å²) in [7, 11) is 0. The van der Waals surface area contributed by atoms with E-state index < -0.39 is 0 Å². The van der Waals surface area contributed by atoms with Gasteiger partial charge in [-0.25, -0.2) is 9.97 Å². The van der Waals surface area contributed by atoms with E-state index in [0.29, 0.717) is 5.92 Å². The van der Waals surface area contributed by atoms with Crippen molar-refractivity contribution < 1.29 is 4.74 Å². The molecule has 2 rings (SSSR count). The summed E-state index contributed by atoms with van der Waals surface area (Å²) in [5.41, 5.74) is 1.08. The standard InChI is InChI=1S/C14H22BrN3O/c1-4-16-14-12(15)10(8-9(2)3)17-13(18-14)11-6-5-7-19-11/h9,11H,4-8H2,1-3H3,(H,16,17,18). The summed E-state index contributed by atoms with van der Waals surface area (Å²) >= 11 is 3.63. The molecule has 4 nitrogen and oxygen atoms in total. The Balaban J connectivity index is 2.34. The Bertz CT molecular complexity index is 431. The Kier molecular flexibility index (Phi) is 5.16. The minimum atomic E-state index is 0.0661. The van der Waals surface area contributed by atoms with Crippen LogP contribution in [0.5, 0.6) is 0 Å². The number of anilines is 1. The molecule has 19 heavy (non-hydrogen) atoms. The number of hydrogen-bond donors (Lipinski definition) is 1. The van der Waals surface area contributed by atoms with Gasteiger partial charge in [0.1, 0.15) is 11.9 Å². The molecule has 1 aliphatic rings. The van der Waals surface area contributed by atoms with Crippen molar-refractivity contribution >= 4 is 21.7 Å². The Morgan fingerprint density at radius 1 is 1.42 bits per heavy atom. The number of aromatic nitrogens is 2. The first-order valence-electron chi connectivity index (χ1n) is 7.03. The first-order chi connectivity index (χ1) is 9.11. The summed E-state index contributed by atoms with van der Waals surface area (Å²) in [6.45, 7) is 8.14. The summed E-state index contributed by atoms with van der Waals surface area (Å²) in [6.07, 6.45) is 3.13. The number of hydrogen-bond acceptors (Lipinski definition) is 4. The van der Waals surface area contributed by atoms with Crippen LogP contribution in [0.2, 0.25) is 0 Å². The average molecular weight is 328 g/mol. The summed E-state index contributed by atoms with van der Waals surface area (Å²) in [5, 5.41) is 3.30. The van der Waals surface area contributed by atoms with Gasteiger partial charge in [-0.15, -0.1) is 0 Å². The van der Waals surface area contributed by atoms with Crippen LogP contribution in [0.3, 0.4) is 0 Å². The average Bonchev–Trinajstić information content (AvgIpc) is 2.87. The van der Waals surface area contributed by atoms with E-state index in [1.165, 1.54) is 0 Å². The molecule has 2 heterocycles. The number of halogens is 1. The fourth-order valence-electron chi connectivity index (χ4n) is 2.24. The Hall–Kier alpha value is -0.680. The monoisotopic (exact) mass is 327 g/mol. The fraction of sp³-hybridized carbons (Fsp3) is 0.714. The lowest BCUT2D eigenvalue weighted by molar-refractivity contribution is 0.105. The lowest BCUT2D eigenvalue weighted by Gasteiger charge is -2.16. The number of ether oxygens (including phenoxy) is 1. The van der Waals surface area contributed by atoms with Crippen LogP contribution in [-0.4, -0.2) is 23.1 Å². The minimum Gasteiger partial charge on any atom is -0.370 e. The highest BCUT2D eigenvalue weighted by atomic mass is 79.9. The summed E-state index contributed by atoms with van der Waals surface area (Å²) in [6, 6.07) is 0. The van der Waals surface area contributed by atoms with E-state index in [1.807, 2.05) is 0 Å². The molecular formula is C14H22BrN3O. The van der Waals surface area contributed by atoms with Crippen LogP contribution in [0.1, 0.15) is 51.2 Å². The third-order valence-corrected chi connectivity index (χ3v) is 3.93. The molecule has 1 aromatic heterocycles. The quantitative estimate of drug-likeness (QED) is 0.895. The summed E-state index contributed by atoms with van der Waals surface area (Å²) in [4.78, 5) is 9.33. The largest absolute Gasteiger partial charge is 0.370 e. The van der Waals surface area contributed by atoms with Crippen molar-refractivity contribution in [1.29, 1.82) is 0 Å². The Labute approximate surface area is 123 Å². The molecule has 1 fully saturated rings.